The highest BCUT2D eigenvalue weighted by Gasteiger charge is 2.11. The third kappa shape index (κ3) is 6.48. The van der Waals surface area contributed by atoms with E-state index in [1.165, 1.54) is 12.1 Å². The summed E-state index contributed by atoms with van der Waals surface area (Å²) >= 11 is 0. The van der Waals surface area contributed by atoms with Crippen LogP contribution in [0.15, 0.2) is 24.3 Å². The molecule has 0 aliphatic rings. The molecular formula is C16H24FNO. The van der Waals surface area contributed by atoms with Gasteiger partial charge >= 0.3 is 0 Å². The summed E-state index contributed by atoms with van der Waals surface area (Å²) in [4.78, 5) is 11.9. The first-order valence-electron chi connectivity index (χ1n) is 7.12. The van der Waals surface area contributed by atoms with E-state index in [9.17, 15) is 9.18 Å². The number of hydrogen-bond acceptors (Lipinski definition) is 2. The summed E-state index contributed by atoms with van der Waals surface area (Å²) in [7, 11) is 0. The fourth-order valence-corrected chi connectivity index (χ4v) is 2.41. The van der Waals surface area contributed by atoms with Crippen molar-refractivity contribution in [1.29, 1.82) is 0 Å². The maximum Gasteiger partial charge on any atom is 0.137 e. The first kappa shape index (κ1) is 15.8. The van der Waals surface area contributed by atoms with Gasteiger partial charge in [0.25, 0.3) is 0 Å². The van der Waals surface area contributed by atoms with Crippen molar-refractivity contribution in [3.05, 3.63) is 35.6 Å². The number of rotatable bonds is 9. The SMILES string of the molecule is CCCC(CCN)CCC(=O)Cc1cccc(F)c1. The lowest BCUT2D eigenvalue weighted by Crippen LogP contribution is -2.11. The molecule has 0 saturated heterocycles. The standard InChI is InChI=1S/C16H24FNO/c1-2-4-13(9-10-18)7-8-16(19)12-14-5-3-6-15(17)11-14/h3,5-6,11,13H,2,4,7-10,12,18H2,1H3. The van der Waals surface area contributed by atoms with Gasteiger partial charge in [-0.3, -0.25) is 4.79 Å². The molecule has 1 aromatic rings. The number of ketones is 1. The quantitative estimate of drug-likeness (QED) is 0.742. The lowest BCUT2D eigenvalue weighted by Gasteiger charge is -2.14. The molecule has 0 fully saturated rings. The number of carbonyl (C=O) groups is 1. The highest BCUT2D eigenvalue weighted by atomic mass is 19.1. The second-order valence-corrected chi connectivity index (χ2v) is 5.12. The molecule has 0 aliphatic heterocycles. The number of carbonyl (C=O) groups excluding carboxylic acids is 1. The minimum atomic E-state index is -0.280. The fraction of sp³-hybridized carbons (Fsp3) is 0.562. The van der Waals surface area contributed by atoms with E-state index in [4.69, 9.17) is 5.73 Å². The maximum atomic E-state index is 13.0. The Labute approximate surface area is 115 Å². The van der Waals surface area contributed by atoms with Gasteiger partial charge in [0.2, 0.25) is 0 Å². The van der Waals surface area contributed by atoms with Crippen LogP contribution in [0.4, 0.5) is 4.39 Å². The van der Waals surface area contributed by atoms with Crippen molar-refractivity contribution in [2.24, 2.45) is 11.7 Å². The molecule has 0 spiro atoms. The number of halogens is 1. The van der Waals surface area contributed by atoms with Gasteiger partial charge in [0.05, 0.1) is 0 Å². The molecule has 2 N–H and O–H groups in total. The zero-order valence-electron chi connectivity index (χ0n) is 11.7. The molecule has 0 heterocycles. The van der Waals surface area contributed by atoms with E-state index in [0.717, 1.165) is 31.2 Å². The van der Waals surface area contributed by atoms with Gasteiger partial charge in [0, 0.05) is 12.8 Å². The molecule has 19 heavy (non-hydrogen) atoms. The molecule has 0 aliphatic carbocycles. The van der Waals surface area contributed by atoms with Gasteiger partial charge in [-0.15, -0.1) is 0 Å². The summed E-state index contributed by atoms with van der Waals surface area (Å²) in [5, 5.41) is 0. The van der Waals surface area contributed by atoms with E-state index >= 15 is 0 Å². The molecule has 2 nitrogen and oxygen atoms in total. The monoisotopic (exact) mass is 265 g/mol. The first-order valence-corrected chi connectivity index (χ1v) is 7.12. The van der Waals surface area contributed by atoms with Gasteiger partial charge in [0.15, 0.2) is 0 Å². The third-order valence-electron chi connectivity index (χ3n) is 3.39. The van der Waals surface area contributed by atoms with Crippen LogP contribution in [0.5, 0.6) is 0 Å². The van der Waals surface area contributed by atoms with Crippen LogP contribution in [-0.4, -0.2) is 12.3 Å². The van der Waals surface area contributed by atoms with Crippen molar-refractivity contribution < 1.29 is 9.18 Å². The highest BCUT2D eigenvalue weighted by molar-refractivity contribution is 5.80. The molecule has 1 rings (SSSR count). The molecule has 0 radical (unpaired) electrons. The summed E-state index contributed by atoms with van der Waals surface area (Å²) in [6.07, 6.45) is 5.05. The molecule has 1 aromatic carbocycles. The minimum absolute atomic E-state index is 0.184. The second-order valence-electron chi connectivity index (χ2n) is 5.12. The van der Waals surface area contributed by atoms with Crippen LogP contribution in [0.1, 0.15) is 44.6 Å². The normalized spacial score (nSPS) is 12.4. The zero-order valence-corrected chi connectivity index (χ0v) is 11.7. The molecule has 0 aromatic heterocycles. The Morgan fingerprint density at radius 1 is 1.32 bits per heavy atom. The Kier molecular flexibility index (Phi) is 7.34. The van der Waals surface area contributed by atoms with Gasteiger partial charge in [-0.25, -0.2) is 4.39 Å². The summed E-state index contributed by atoms with van der Waals surface area (Å²) in [5.74, 6) is 0.451. The smallest absolute Gasteiger partial charge is 0.137 e. The van der Waals surface area contributed by atoms with Gasteiger partial charge in [-0.05, 0) is 43.0 Å². The van der Waals surface area contributed by atoms with Gasteiger partial charge in [0.1, 0.15) is 11.6 Å². The van der Waals surface area contributed by atoms with Crippen molar-refractivity contribution in [1.82, 2.24) is 0 Å². The van der Waals surface area contributed by atoms with Crippen molar-refractivity contribution in [3.63, 3.8) is 0 Å². The van der Waals surface area contributed by atoms with Crippen LogP contribution in [0.3, 0.4) is 0 Å². The summed E-state index contributed by atoms with van der Waals surface area (Å²) in [6.45, 7) is 2.83. The Morgan fingerprint density at radius 2 is 2.11 bits per heavy atom. The number of benzene rings is 1. The predicted molar refractivity (Wildman–Crippen MR) is 76.4 cm³/mol. The Balaban J connectivity index is 2.38. The Bertz CT molecular complexity index is 386. The Morgan fingerprint density at radius 3 is 2.74 bits per heavy atom. The molecule has 0 bridgehead atoms. The van der Waals surface area contributed by atoms with E-state index in [2.05, 4.69) is 6.92 Å². The molecule has 0 amide bonds. The van der Waals surface area contributed by atoms with E-state index in [1.54, 1.807) is 12.1 Å². The molecular weight excluding hydrogens is 241 g/mol. The van der Waals surface area contributed by atoms with Crippen LogP contribution in [-0.2, 0) is 11.2 Å². The van der Waals surface area contributed by atoms with E-state index in [1.807, 2.05) is 0 Å². The molecule has 1 atom stereocenters. The molecule has 1 unspecified atom stereocenters. The van der Waals surface area contributed by atoms with Crippen LogP contribution >= 0.6 is 0 Å². The van der Waals surface area contributed by atoms with Crippen LogP contribution in [0.25, 0.3) is 0 Å². The maximum absolute atomic E-state index is 13.0. The number of Topliss-reactive ketones (excluding diaryl/α,β-unsaturated/α-hetero) is 1. The van der Waals surface area contributed by atoms with E-state index in [0.29, 0.717) is 25.3 Å². The predicted octanol–water partition coefficient (Wildman–Crippen LogP) is 3.48. The van der Waals surface area contributed by atoms with Crippen molar-refractivity contribution >= 4 is 5.78 Å². The minimum Gasteiger partial charge on any atom is -0.330 e. The summed E-state index contributed by atoms with van der Waals surface area (Å²) in [5.41, 5.74) is 6.34. The van der Waals surface area contributed by atoms with E-state index < -0.39 is 0 Å². The fourth-order valence-electron chi connectivity index (χ4n) is 2.41. The number of hydrogen-bond donors (Lipinski definition) is 1. The van der Waals surface area contributed by atoms with Gasteiger partial charge in [-0.1, -0.05) is 31.9 Å². The zero-order chi connectivity index (χ0) is 14.1. The molecule has 3 heteroatoms. The lowest BCUT2D eigenvalue weighted by molar-refractivity contribution is -0.118. The van der Waals surface area contributed by atoms with Crippen LogP contribution in [0, 0.1) is 11.7 Å². The summed E-state index contributed by atoms with van der Waals surface area (Å²) < 4.78 is 13.0. The number of nitrogens with two attached hydrogens (primary N) is 1. The van der Waals surface area contributed by atoms with Crippen molar-refractivity contribution in [2.75, 3.05) is 6.54 Å². The van der Waals surface area contributed by atoms with Crippen LogP contribution < -0.4 is 5.73 Å². The van der Waals surface area contributed by atoms with Crippen LogP contribution in [0.2, 0.25) is 0 Å². The molecule has 106 valence electrons. The second kappa shape index (κ2) is 8.81. The Hall–Kier alpha value is -1.22. The average Bonchev–Trinajstić information content (AvgIpc) is 2.36. The highest BCUT2D eigenvalue weighted by Crippen LogP contribution is 2.18. The topological polar surface area (TPSA) is 43.1 Å². The van der Waals surface area contributed by atoms with Gasteiger partial charge < -0.3 is 5.73 Å². The molecule has 0 saturated carbocycles. The summed E-state index contributed by atoms with van der Waals surface area (Å²) in [6, 6.07) is 6.27. The van der Waals surface area contributed by atoms with Gasteiger partial charge in [-0.2, -0.15) is 0 Å². The lowest BCUT2D eigenvalue weighted by atomic mass is 9.92. The van der Waals surface area contributed by atoms with E-state index in [-0.39, 0.29) is 11.6 Å². The van der Waals surface area contributed by atoms with Crippen molar-refractivity contribution in [2.45, 2.75) is 45.4 Å². The largest absolute Gasteiger partial charge is 0.330 e. The average molecular weight is 265 g/mol. The van der Waals surface area contributed by atoms with Crippen molar-refractivity contribution in [3.8, 4) is 0 Å². The third-order valence-corrected chi connectivity index (χ3v) is 3.39. The first-order chi connectivity index (χ1) is 9.15.